The van der Waals surface area contributed by atoms with Crippen LogP contribution in [0.4, 0.5) is 0 Å². The minimum atomic E-state index is -0.0996. The van der Waals surface area contributed by atoms with Gasteiger partial charge in [-0.1, -0.05) is 43.2 Å². The first-order valence-corrected chi connectivity index (χ1v) is 5.43. The molecular formula is C13H18O2. The van der Waals surface area contributed by atoms with Gasteiger partial charge in [-0.15, -0.1) is 0 Å². The van der Waals surface area contributed by atoms with Gasteiger partial charge in [-0.25, -0.2) is 0 Å². The fourth-order valence-electron chi connectivity index (χ4n) is 1.24. The summed E-state index contributed by atoms with van der Waals surface area (Å²) in [6.45, 7) is 4.49. The van der Waals surface area contributed by atoms with Gasteiger partial charge in [-0.2, -0.15) is 0 Å². The number of hydrogen-bond acceptors (Lipinski definition) is 2. The number of carbonyl (C=O) groups excluding carboxylic acids is 1. The molecule has 0 spiro atoms. The van der Waals surface area contributed by atoms with Crippen LogP contribution < -0.4 is 0 Å². The van der Waals surface area contributed by atoms with Crippen LogP contribution in [0.25, 0.3) is 0 Å². The maximum Gasteiger partial charge on any atom is 0.306 e. The molecule has 1 rings (SSSR count). The molecule has 0 unspecified atom stereocenters. The van der Waals surface area contributed by atoms with E-state index in [-0.39, 0.29) is 5.97 Å². The molecule has 1 aromatic carbocycles. The van der Waals surface area contributed by atoms with E-state index in [0.717, 1.165) is 18.4 Å². The van der Waals surface area contributed by atoms with Crippen LogP contribution in [0.15, 0.2) is 24.3 Å². The molecule has 0 aromatic heterocycles. The predicted molar refractivity (Wildman–Crippen MR) is 60.5 cm³/mol. The summed E-state index contributed by atoms with van der Waals surface area (Å²) in [5, 5.41) is 0. The Morgan fingerprint density at radius 2 is 1.93 bits per heavy atom. The fraction of sp³-hybridized carbons (Fsp3) is 0.462. The average molecular weight is 206 g/mol. The lowest BCUT2D eigenvalue weighted by Crippen LogP contribution is -2.03. The van der Waals surface area contributed by atoms with Crippen molar-refractivity contribution in [3.63, 3.8) is 0 Å². The zero-order valence-electron chi connectivity index (χ0n) is 9.45. The molecule has 15 heavy (non-hydrogen) atoms. The lowest BCUT2D eigenvalue weighted by molar-refractivity contribution is -0.145. The Bertz CT molecular complexity index is 301. The number of ether oxygens (including phenoxy) is 1. The van der Waals surface area contributed by atoms with Crippen LogP contribution in [0, 0.1) is 6.92 Å². The Hall–Kier alpha value is -1.31. The number of aryl methyl sites for hydroxylation is 1. The largest absolute Gasteiger partial charge is 0.461 e. The van der Waals surface area contributed by atoms with Crippen molar-refractivity contribution in [2.45, 2.75) is 39.7 Å². The summed E-state index contributed by atoms with van der Waals surface area (Å²) in [6, 6.07) is 8.02. The first-order valence-electron chi connectivity index (χ1n) is 5.43. The van der Waals surface area contributed by atoms with Gasteiger partial charge in [0, 0.05) is 6.42 Å². The van der Waals surface area contributed by atoms with Gasteiger partial charge in [-0.05, 0) is 18.9 Å². The van der Waals surface area contributed by atoms with Crippen molar-refractivity contribution in [2.75, 3.05) is 0 Å². The Morgan fingerprint density at radius 3 is 2.53 bits per heavy atom. The highest BCUT2D eigenvalue weighted by atomic mass is 16.5. The molecule has 1 aromatic rings. The van der Waals surface area contributed by atoms with E-state index in [9.17, 15) is 4.79 Å². The van der Waals surface area contributed by atoms with Crippen molar-refractivity contribution >= 4 is 5.97 Å². The normalized spacial score (nSPS) is 10.0. The highest BCUT2D eigenvalue weighted by molar-refractivity contribution is 5.69. The summed E-state index contributed by atoms with van der Waals surface area (Å²) < 4.78 is 5.13. The van der Waals surface area contributed by atoms with Crippen molar-refractivity contribution < 1.29 is 9.53 Å². The Labute approximate surface area is 91.3 Å². The van der Waals surface area contributed by atoms with Gasteiger partial charge in [0.2, 0.25) is 0 Å². The molecule has 0 amide bonds. The maximum atomic E-state index is 11.2. The SMILES string of the molecule is CCCCC(=O)OCc1ccc(C)cc1. The summed E-state index contributed by atoms with van der Waals surface area (Å²) in [6.07, 6.45) is 2.47. The average Bonchev–Trinajstić information content (AvgIpc) is 2.25. The van der Waals surface area contributed by atoms with Gasteiger partial charge in [0.1, 0.15) is 6.61 Å². The second-order valence-corrected chi connectivity index (χ2v) is 3.75. The second-order valence-electron chi connectivity index (χ2n) is 3.75. The Balaban J connectivity index is 2.30. The third-order valence-corrected chi connectivity index (χ3v) is 2.25. The molecule has 2 nitrogen and oxygen atoms in total. The van der Waals surface area contributed by atoms with E-state index in [1.54, 1.807) is 0 Å². The van der Waals surface area contributed by atoms with Gasteiger partial charge in [-0.3, -0.25) is 4.79 Å². The zero-order chi connectivity index (χ0) is 11.1. The molecular weight excluding hydrogens is 188 g/mol. The van der Waals surface area contributed by atoms with Crippen molar-refractivity contribution in [1.29, 1.82) is 0 Å². The zero-order valence-corrected chi connectivity index (χ0v) is 9.45. The van der Waals surface area contributed by atoms with Crippen molar-refractivity contribution in [1.82, 2.24) is 0 Å². The number of unbranched alkanes of at least 4 members (excludes halogenated alkanes) is 1. The molecule has 0 aliphatic heterocycles. The van der Waals surface area contributed by atoms with Crippen LogP contribution in [0.1, 0.15) is 37.3 Å². The van der Waals surface area contributed by atoms with E-state index < -0.39 is 0 Å². The summed E-state index contributed by atoms with van der Waals surface area (Å²) in [5.74, 6) is -0.0996. The lowest BCUT2D eigenvalue weighted by Gasteiger charge is -2.04. The van der Waals surface area contributed by atoms with Crippen LogP contribution in [0.3, 0.4) is 0 Å². The van der Waals surface area contributed by atoms with E-state index in [4.69, 9.17) is 4.74 Å². The van der Waals surface area contributed by atoms with Gasteiger partial charge in [0.15, 0.2) is 0 Å². The number of benzene rings is 1. The molecule has 0 saturated carbocycles. The van der Waals surface area contributed by atoms with E-state index in [1.165, 1.54) is 5.56 Å². The molecule has 0 N–H and O–H groups in total. The molecule has 0 aliphatic carbocycles. The third kappa shape index (κ3) is 4.63. The van der Waals surface area contributed by atoms with E-state index in [0.29, 0.717) is 13.0 Å². The highest BCUT2D eigenvalue weighted by Gasteiger charge is 2.01. The van der Waals surface area contributed by atoms with Crippen LogP contribution in [0.5, 0.6) is 0 Å². The van der Waals surface area contributed by atoms with Gasteiger partial charge in [0.05, 0.1) is 0 Å². The molecule has 0 saturated heterocycles. The smallest absolute Gasteiger partial charge is 0.306 e. The third-order valence-electron chi connectivity index (χ3n) is 2.25. The maximum absolute atomic E-state index is 11.2. The van der Waals surface area contributed by atoms with E-state index in [2.05, 4.69) is 6.92 Å². The first-order chi connectivity index (χ1) is 7.22. The summed E-state index contributed by atoms with van der Waals surface area (Å²) in [5.41, 5.74) is 2.27. The first kappa shape index (κ1) is 11.8. The molecule has 82 valence electrons. The highest BCUT2D eigenvalue weighted by Crippen LogP contribution is 2.06. The monoisotopic (exact) mass is 206 g/mol. The lowest BCUT2D eigenvalue weighted by atomic mass is 10.2. The number of rotatable bonds is 5. The van der Waals surface area contributed by atoms with E-state index in [1.807, 2.05) is 31.2 Å². The Morgan fingerprint density at radius 1 is 1.27 bits per heavy atom. The fourth-order valence-corrected chi connectivity index (χ4v) is 1.24. The van der Waals surface area contributed by atoms with Gasteiger partial charge < -0.3 is 4.74 Å². The standard InChI is InChI=1S/C13H18O2/c1-3-4-5-13(14)15-10-12-8-6-11(2)7-9-12/h6-9H,3-5,10H2,1-2H3. The summed E-state index contributed by atoms with van der Waals surface area (Å²) in [4.78, 5) is 11.2. The van der Waals surface area contributed by atoms with Crippen molar-refractivity contribution in [3.8, 4) is 0 Å². The molecule has 0 bridgehead atoms. The molecule has 0 fully saturated rings. The van der Waals surface area contributed by atoms with Crippen LogP contribution >= 0.6 is 0 Å². The van der Waals surface area contributed by atoms with Crippen LogP contribution in [-0.2, 0) is 16.1 Å². The number of carbonyl (C=O) groups is 1. The van der Waals surface area contributed by atoms with Crippen LogP contribution in [0.2, 0.25) is 0 Å². The number of esters is 1. The van der Waals surface area contributed by atoms with Gasteiger partial charge >= 0.3 is 5.97 Å². The quantitative estimate of drug-likeness (QED) is 0.691. The summed E-state index contributed by atoms with van der Waals surface area (Å²) >= 11 is 0. The van der Waals surface area contributed by atoms with Crippen molar-refractivity contribution in [3.05, 3.63) is 35.4 Å². The second kappa shape index (κ2) is 6.23. The predicted octanol–water partition coefficient (Wildman–Crippen LogP) is 3.23. The van der Waals surface area contributed by atoms with Crippen molar-refractivity contribution in [2.24, 2.45) is 0 Å². The number of hydrogen-bond donors (Lipinski definition) is 0. The minimum Gasteiger partial charge on any atom is -0.461 e. The van der Waals surface area contributed by atoms with E-state index >= 15 is 0 Å². The molecule has 0 heterocycles. The topological polar surface area (TPSA) is 26.3 Å². The van der Waals surface area contributed by atoms with Crippen LogP contribution in [-0.4, -0.2) is 5.97 Å². The molecule has 2 heteroatoms. The summed E-state index contributed by atoms with van der Waals surface area (Å²) in [7, 11) is 0. The molecule has 0 radical (unpaired) electrons. The minimum absolute atomic E-state index is 0.0996. The van der Waals surface area contributed by atoms with Gasteiger partial charge in [0.25, 0.3) is 0 Å². The Kier molecular flexibility index (Phi) is 4.88. The molecule has 0 aliphatic rings. The molecule has 0 atom stereocenters.